The van der Waals surface area contributed by atoms with E-state index in [1.165, 1.54) is 5.06 Å². The number of hydroxylamine groups is 2. The van der Waals surface area contributed by atoms with Crippen LogP contribution in [0.15, 0.2) is 30.5 Å². The van der Waals surface area contributed by atoms with Gasteiger partial charge in [-0.15, -0.1) is 0 Å². The molecule has 0 saturated carbocycles. The Morgan fingerprint density at radius 3 is 3.10 bits per heavy atom. The highest BCUT2D eigenvalue weighted by Gasteiger charge is 2.29. The van der Waals surface area contributed by atoms with Crippen molar-refractivity contribution in [2.45, 2.75) is 19.4 Å². The van der Waals surface area contributed by atoms with Gasteiger partial charge >= 0.3 is 0 Å². The first kappa shape index (κ1) is 13.1. The molecule has 1 amide bonds. The number of fused-ring (bicyclic) bond motifs is 1. The van der Waals surface area contributed by atoms with Crippen molar-refractivity contribution in [2.75, 3.05) is 13.2 Å². The molecule has 1 aromatic carbocycles. The number of aliphatic hydroxyl groups excluding tert-OH is 1. The van der Waals surface area contributed by atoms with Crippen LogP contribution in [0.5, 0.6) is 0 Å². The minimum Gasteiger partial charge on any atom is -0.389 e. The van der Waals surface area contributed by atoms with Crippen molar-refractivity contribution < 1.29 is 14.7 Å². The van der Waals surface area contributed by atoms with Gasteiger partial charge in [0.15, 0.2) is 0 Å². The zero-order chi connectivity index (χ0) is 14.1. The summed E-state index contributed by atoms with van der Waals surface area (Å²) in [5, 5.41) is 11.8. The number of aromatic nitrogens is 1. The standard InChI is InChI=1S/C15H18N2O3/c1-10(15(19)17-8-12(18)9-20-17)6-11-7-16-14-5-3-2-4-13(11)14/h2-5,7,10,12,16,18H,6,8-9H2,1H3/t10-,12?/m0/s1. The molecule has 1 aliphatic rings. The van der Waals surface area contributed by atoms with Gasteiger partial charge in [-0.05, 0) is 18.1 Å². The number of β-amino-alcohol motifs (C(OH)–C–C–N with tert-alkyl or cyclic N) is 1. The van der Waals surface area contributed by atoms with Gasteiger partial charge in [0.25, 0.3) is 0 Å². The van der Waals surface area contributed by atoms with E-state index in [2.05, 4.69) is 11.1 Å². The van der Waals surface area contributed by atoms with Crippen molar-refractivity contribution in [1.29, 1.82) is 0 Å². The molecule has 0 spiro atoms. The third kappa shape index (κ3) is 2.42. The van der Waals surface area contributed by atoms with E-state index in [0.29, 0.717) is 6.42 Å². The highest BCUT2D eigenvalue weighted by molar-refractivity contribution is 5.84. The molecule has 1 fully saturated rings. The van der Waals surface area contributed by atoms with Crippen molar-refractivity contribution in [3.05, 3.63) is 36.0 Å². The van der Waals surface area contributed by atoms with E-state index in [0.717, 1.165) is 16.5 Å². The molecule has 106 valence electrons. The summed E-state index contributed by atoms with van der Waals surface area (Å²) in [7, 11) is 0. The van der Waals surface area contributed by atoms with Gasteiger partial charge in [-0.25, -0.2) is 5.06 Å². The van der Waals surface area contributed by atoms with E-state index in [9.17, 15) is 9.90 Å². The van der Waals surface area contributed by atoms with E-state index < -0.39 is 6.10 Å². The molecule has 0 aliphatic carbocycles. The molecule has 5 nitrogen and oxygen atoms in total. The molecule has 20 heavy (non-hydrogen) atoms. The lowest BCUT2D eigenvalue weighted by Crippen LogP contribution is -2.33. The molecule has 0 radical (unpaired) electrons. The minimum absolute atomic E-state index is 0.0770. The number of carbonyl (C=O) groups excluding carboxylic acids is 1. The summed E-state index contributed by atoms with van der Waals surface area (Å²) in [6.07, 6.45) is 2.03. The maximum Gasteiger partial charge on any atom is 0.249 e. The lowest BCUT2D eigenvalue weighted by Gasteiger charge is -2.18. The number of para-hydroxylation sites is 1. The fourth-order valence-electron chi connectivity index (χ4n) is 2.59. The second-order valence-corrected chi connectivity index (χ2v) is 5.31. The monoisotopic (exact) mass is 274 g/mol. The topological polar surface area (TPSA) is 65.6 Å². The normalized spacial score (nSPS) is 20.5. The summed E-state index contributed by atoms with van der Waals surface area (Å²) in [5.74, 6) is -0.258. The van der Waals surface area contributed by atoms with Crippen LogP contribution < -0.4 is 0 Å². The van der Waals surface area contributed by atoms with Crippen molar-refractivity contribution in [3.8, 4) is 0 Å². The Kier molecular flexibility index (Phi) is 3.46. The van der Waals surface area contributed by atoms with Crippen molar-refractivity contribution in [3.63, 3.8) is 0 Å². The number of hydrogen-bond acceptors (Lipinski definition) is 3. The SMILES string of the molecule is C[C@@H](Cc1c[nH]c2ccccc12)C(=O)N1CC(O)CO1. The molecular formula is C15H18N2O3. The summed E-state index contributed by atoms with van der Waals surface area (Å²) in [5.41, 5.74) is 2.20. The Bertz CT molecular complexity index is 622. The van der Waals surface area contributed by atoms with E-state index >= 15 is 0 Å². The van der Waals surface area contributed by atoms with Crippen molar-refractivity contribution in [1.82, 2.24) is 10.0 Å². The first-order chi connectivity index (χ1) is 9.65. The van der Waals surface area contributed by atoms with Gasteiger partial charge in [-0.1, -0.05) is 25.1 Å². The van der Waals surface area contributed by atoms with Crippen LogP contribution >= 0.6 is 0 Å². The number of nitrogens with zero attached hydrogens (tertiary/aromatic N) is 1. The Balaban J connectivity index is 1.72. The summed E-state index contributed by atoms with van der Waals surface area (Å²) in [6.45, 7) is 2.35. The molecule has 1 aliphatic heterocycles. The number of aromatic amines is 1. The summed E-state index contributed by atoms with van der Waals surface area (Å²) in [6, 6.07) is 8.04. The number of H-pyrrole nitrogens is 1. The van der Waals surface area contributed by atoms with E-state index in [1.54, 1.807) is 0 Å². The lowest BCUT2D eigenvalue weighted by molar-refractivity contribution is -0.172. The van der Waals surface area contributed by atoms with Crippen LogP contribution in [0.1, 0.15) is 12.5 Å². The predicted octanol–water partition coefficient (Wildman–Crippen LogP) is 1.48. The molecule has 1 saturated heterocycles. The third-order valence-electron chi connectivity index (χ3n) is 3.67. The second kappa shape index (κ2) is 5.26. The van der Waals surface area contributed by atoms with E-state index in [-0.39, 0.29) is 25.0 Å². The fourth-order valence-corrected chi connectivity index (χ4v) is 2.59. The first-order valence-electron chi connectivity index (χ1n) is 6.82. The van der Waals surface area contributed by atoms with Crippen LogP contribution in [0, 0.1) is 5.92 Å². The summed E-state index contributed by atoms with van der Waals surface area (Å²) >= 11 is 0. The molecule has 2 heterocycles. The average Bonchev–Trinajstić information content (AvgIpc) is 3.05. The smallest absolute Gasteiger partial charge is 0.249 e. The van der Waals surface area contributed by atoms with Crippen LogP contribution in [0.4, 0.5) is 0 Å². The van der Waals surface area contributed by atoms with Crippen LogP contribution in [-0.2, 0) is 16.1 Å². The number of carbonyl (C=O) groups is 1. The zero-order valence-electron chi connectivity index (χ0n) is 11.4. The van der Waals surface area contributed by atoms with Crippen LogP contribution in [0.25, 0.3) is 10.9 Å². The van der Waals surface area contributed by atoms with Gasteiger partial charge in [-0.3, -0.25) is 9.63 Å². The summed E-state index contributed by atoms with van der Waals surface area (Å²) in [4.78, 5) is 20.6. The third-order valence-corrected chi connectivity index (χ3v) is 3.67. The maximum atomic E-state index is 12.2. The Hall–Kier alpha value is -1.85. The number of aliphatic hydroxyl groups is 1. The van der Waals surface area contributed by atoms with Crippen LogP contribution in [0.3, 0.4) is 0 Å². The van der Waals surface area contributed by atoms with Gasteiger partial charge in [0.1, 0.15) is 6.61 Å². The van der Waals surface area contributed by atoms with Gasteiger partial charge in [0.05, 0.1) is 12.6 Å². The zero-order valence-corrected chi connectivity index (χ0v) is 11.4. The number of rotatable bonds is 3. The molecule has 1 aromatic heterocycles. The molecule has 0 bridgehead atoms. The van der Waals surface area contributed by atoms with Gasteiger partial charge in [0.2, 0.25) is 5.91 Å². The molecule has 1 unspecified atom stereocenters. The van der Waals surface area contributed by atoms with E-state index in [1.807, 2.05) is 31.3 Å². The molecule has 5 heteroatoms. The van der Waals surface area contributed by atoms with Crippen molar-refractivity contribution in [2.24, 2.45) is 5.92 Å². The molecule has 2 aromatic rings. The number of amides is 1. The first-order valence-corrected chi connectivity index (χ1v) is 6.82. The predicted molar refractivity (Wildman–Crippen MR) is 74.8 cm³/mol. The highest BCUT2D eigenvalue weighted by Crippen LogP contribution is 2.22. The minimum atomic E-state index is -0.570. The lowest BCUT2D eigenvalue weighted by atomic mass is 10.00. The number of benzene rings is 1. The Morgan fingerprint density at radius 1 is 1.55 bits per heavy atom. The largest absolute Gasteiger partial charge is 0.389 e. The van der Waals surface area contributed by atoms with Crippen LogP contribution in [-0.4, -0.2) is 40.3 Å². The molecule has 2 atom stereocenters. The molecule has 3 rings (SSSR count). The fraction of sp³-hybridized carbons (Fsp3) is 0.400. The Labute approximate surface area is 117 Å². The maximum absolute atomic E-state index is 12.2. The average molecular weight is 274 g/mol. The number of hydrogen-bond donors (Lipinski definition) is 2. The van der Waals surface area contributed by atoms with Gasteiger partial charge in [0, 0.05) is 23.0 Å². The highest BCUT2D eigenvalue weighted by atomic mass is 16.7. The number of nitrogens with one attached hydrogen (secondary N) is 1. The van der Waals surface area contributed by atoms with Gasteiger partial charge < -0.3 is 10.1 Å². The van der Waals surface area contributed by atoms with Gasteiger partial charge in [-0.2, -0.15) is 0 Å². The molecule has 2 N–H and O–H groups in total. The molecular weight excluding hydrogens is 256 g/mol. The van der Waals surface area contributed by atoms with Crippen LogP contribution in [0.2, 0.25) is 0 Å². The van der Waals surface area contributed by atoms with Crippen molar-refractivity contribution >= 4 is 16.8 Å². The van der Waals surface area contributed by atoms with E-state index in [4.69, 9.17) is 4.84 Å². The Morgan fingerprint density at radius 2 is 2.35 bits per heavy atom. The summed E-state index contributed by atoms with van der Waals surface area (Å²) < 4.78 is 0. The quantitative estimate of drug-likeness (QED) is 0.891. The second-order valence-electron chi connectivity index (χ2n) is 5.31.